The van der Waals surface area contributed by atoms with E-state index in [4.69, 9.17) is 0 Å². The summed E-state index contributed by atoms with van der Waals surface area (Å²) in [7, 11) is 4.27. The van der Waals surface area contributed by atoms with E-state index in [1.807, 2.05) is 0 Å². The molecule has 2 atom stereocenters. The van der Waals surface area contributed by atoms with Gasteiger partial charge in [-0.05, 0) is 32.4 Å². The normalized spacial score (nSPS) is 32.0. The fraction of sp³-hybridized carbons (Fsp3) is 0.778. The van der Waals surface area contributed by atoms with Crippen LogP contribution in [0.2, 0.25) is 0 Å². The van der Waals surface area contributed by atoms with E-state index in [2.05, 4.69) is 38.1 Å². The van der Waals surface area contributed by atoms with Crippen molar-refractivity contribution in [3.05, 3.63) is 12.2 Å². The lowest BCUT2D eigenvalue weighted by molar-refractivity contribution is 0.346. The first-order valence-corrected chi connectivity index (χ1v) is 4.01. The lowest BCUT2D eigenvalue weighted by Gasteiger charge is -2.14. The summed E-state index contributed by atoms with van der Waals surface area (Å²) in [5, 5.41) is 0. The van der Waals surface area contributed by atoms with E-state index in [1.54, 1.807) is 0 Å². The first kappa shape index (κ1) is 7.80. The van der Waals surface area contributed by atoms with Crippen molar-refractivity contribution < 1.29 is 0 Å². The third-order valence-corrected chi connectivity index (χ3v) is 1.99. The Hall–Kier alpha value is -0.300. The Balaban J connectivity index is 2.26. The van der Waals surface area contributed by atoms with Crippen molar-refractivity contribution in [2.75, 3.05) is 20.6 Å². The molecule has 0 amide bonds. The minimum Gasteiger partial charge on any atom is -0.309 e. The van der Waals surface area contributed by atoms with Crippen LogP contribution in [0.25, 0.3) is 0 Å². The fourth-order valence-corrected chi connectivity index (χ4v) is 1.59. The molecular weight excluding hydrogens is 122 g/mol. The molecule has 1 rings (SSSR count). The molecule has 1 heteroatoms. The molecule has 0 aromatic heterocycles. The van der Waals surface area contributed by atoms with Gasteiger partial charge in [-0.3, -0.25) is 0 Å². The Morgan fingerprint density at radius 2 is 2.10 bits per heavy atom. The molecule has 58 valence electrons. The predicted octanol–water partition coefficient (Wildman–Crippen LogP) is 1.76. The third-order valence-electron chi connectivity index (χ3n) is 1.99. The van der Waals surface area contributed by atoms with Crippen LogP contribution in [0.4, 0.5) is 0 Å². The van der Waals surface area contributed by atoms with Gasteiger partial charge in [0.2, 0.25) is 0 Å². The summed E-state index contributed by atoms with van der Waals surface area (Å²) in [6.07, 6.45) is 6.02. The Bertz CT molecular complexity index is 127. The molecule has 0 aromatic carbocycles. The maximum Gasteiger partial charge on any atom is 0.00384 e. The first-order chi connectivity index (χ1) is 4.68. The Morgan fingerprint density at radius 1 is 1.40 bits per heavy atom. The fourth-order valence-electron chi connectivity index (χ4n) is 1.59. The molecule has 1 aliphatic carbocycles. The highest BCUT2D eigenvalue weighted by Gasteiger charge is 2.14. The maximum absolute atomic E-state index is 2.35. The highest BCUT2D eigenvalue weighted by molar-refractivity contribution is 5.00. The monoisotopic (exact) mass is 139 g/mol. The summed E-state index contributed by atoms with van der Waals surface area (Å²) in [5.41, 5.74) is 0. The van der Waals surface area contributed by atoms with E-state index >= 15 is 0 Å². The van der Waals surface area contributed by atoms with E-state index < -0.39 is 0 Å². The molecule has 10 heavy (non-hydrogen) atoms. The van der Waals surface area contributed by atoms with Gasteiger partial charge in [-0.1, -0.05) is 19.1 Å². The number of hydrogen-bond donors (Lipinski definition) is 0. The van der Waals surface area contributed by atoms with Gasteiger partial charge in [0.25, 0.3) is 0 Å². The van der Waals surface area contributed by atoms with Crippen LogP contribution in [0.1, 0.15) is 13.3 Å². The van der Waals surface area contributed by atoms with Crippen LogP contribution in [0.5, 0.6) is 0 Å². The van der Waals surface area contributed by atoms with E-state index in [1.165, 1.54) is 13.0 Å². The van der Waals surface area contributed by atoms with E-state index in [0.29, 0.717) is 0 Å². The lowest BCUT2D eigenvalue weighted by Crippen LogP contribution is -2.19. The lowest BCUT2D eigenvalue weighted by atomic mass is 10.1. The minimum atomic E-state index is 0.810. The molecule has 0 heterocycles. The van der Waals surface area contributed by atoms with Gasteiger partial charge >= 0.3 is 0 Å². The summed E-state index contributed by atoms with van der Waals surface area (Å²) < 4.78 is 0. The predicted molar refractivity (Wildman–Crippen MR) is 45.0 cm³/mol. The first-order valence-electron chi connectivity index (χ1n) is 4.01. The van der Waals surface area contributed by atoms with Gasteiger partial charge in [0.1, 0.15) is 0 Å². The van der Waals surface area contributed by atoms with E-state index in [-0.39, 0.29) is 0 Å². The Labute approximate surface area is 63.7 Å². The highest BCUT2D eigenvalue weighted by Crippen LogP contribution is 2.22. The van der Waals surface area contributed by atoms with Crippen LogP contribution in [0.3, 0.4) is 0 Å². The molecule has 0 unspecified atom stereocenters. The molecular formula is C9H17N. The average Bonchev–Trinajstić information content (AvgIpc) is 2.13. The zero-order chi connectivity index (χ0) is 7.56. The molecule has 1 nitrogen and oxygen atoms in total. The Kier molecular flexibility index (Phi) is 2.50. The van der Waals surface area contributed by atoms with Crippen molar-refractivity contribution >= 4 is 0 Å². The van der Waals surface area contributed by atoms with Gasteiger partial charge in [0.05, 0.1) is 0 Å². The molecule has 0 radical (unpaired) electrons. The van der Waals surface area contributed by atoms with Gasteiger partial charge < -0.3 is 4.90 Å². The van der Waals surface area contributed by atoms with Crippen LogP contribution in [0.15, 0.2) is 12.2 Å². The summed E-state index contributed by atoms with van der Waals surface area (Å²) in [6.45, 7) is 3.49. The summed E-state index contributed by atoms with van der Waals surface area (Å²) in [6, 6.07) is 0. The van der Waals surface area contributed by atoms with Crippen LogP contribution in [0, 0.1) is 11.8 Å². The summed E-state index contributed by atoms with van der Waals surface area (Å²) in [4.78, 5) is 2.26. The molecule has 0 N–H and O–H groups in total. The van der Waals surface area contributed by atoms with E-state index in [9.17, 15) is 0 Å². The van der Waals surface area contributed by atoms with Gasteiger partial charge in [0, 0.05) is 6.54 Å². The SMILES string of the molecule is C[C@@H]1C=C[C@H](CN(C)C)C1. The smallest absolute Gasteiger partial charge is 0.00384 e. The van der Waals surface area contributed by atoms with Crippen LogP contribution in [-0.4, -0.2) is 25.5 Å². The molecule has 0 aromatic rings. The second kappa shape index (κ2) is 3.20. The quantitative estimate of drug-likeness (QED) is 0.527. The summed E-state index contributed by atoms with van der Waals surface area (Å²) in [5.74, 6) is 1.62. The topological polar surface area (TPSA) is 3.24 Å². The largest absolute Gasteiger partial charge is 0.309 e. The molecule has 0 bridgehead atoms. The maximum atomic E-state index is 2.35. The van der Waals surface area contributed by atoms with Crippen molar-refractivity contribution in [1.82, 2.24) is 4.90 Å². The van der Waals surface area contributed by atoms with Gasteiger partial charge in [0.15, 0.2) is 0 Å². The molecule has 1 aliphatic rings. The second-order valence-corrected chi connectivity index (χ2v) is 3.62. The van der Waals surface area contributed by atoms with Crippen LogP contribution < -0.4 is 0 Å². The molecule has 0 aliphatic heterocycles. The summed E-state index contributed by atoms with van der Waals surface area (Å²) >= 11 is 0. The van der Waals surface area contributed by atoms with Crippen LogP contribution >= 0.6 is 0 Å². The van der Waals surface area contributed by atoms with Gasteiger partial charge in [-0.25, -0.2) is 0 Å². The van der Waals surface area contributed by atoms with Crippen molar-refractivity contribution in [3.8, 4) is 0 Å². The number of allylic oxidation sites excluding steroid dienone is 1. The zero-order valence-electron chi connectivity index (χ0n) is 7.17. The average molecular weight is 139 g/mol. The van der Waals surface area contributed by atoms with Crippen molar-refractivity contribution in [1.29, 1.82) is 0 Å². The van der Waals surface area contributed by atoms with Gasteiger partial charge in [-0.15, -0.1) is 0 Å². The standard InChI is InChI=1S/C9H17N/c1-8-4-5-9(6-8)7-10(2)3/h4-5,8-9H,6-7H2,1-3H3/t8-,9+/m1/s1. The van der Waals surface area contributed by atoms with Crippen molar-refractivity contribution in [3.63, 3.8) is 0 Å². The molecule has 0 saturated carbocycles. The molecule has 0 spiro atoms. The molecule has 0 fully saturated rings. The Morgan fingerprint density at radius 3 is 2.50 bits per heavy atom. The minimum absolute atomic E-state index is 0.810. The number of hydrogen-bond acceptors (Lipinski definition) is 1. The van der Waals surface area contributed by atoms with Gasteiger partial charge in [-0.2, -0.15) is 0 Å². The number of nitrogens with zero attached hydrogens (tertiary/aromatic N) is 1. The highest BCUT2D eigenvalue weighted by atomic mass is 15.1. The third kappa shape index (κ3) is 2.14. The van der Waals surface area contributed by atoms with Crippen LogP contribution in [-0.2, 0) is 0 Å². The van der Waals surface area contributed by atoms with Crippen molar-refractivity contribution in [2.24, 2.45) is 11.8 Å². The molecule has 0 saturated heterocycles. The number of rotatable bonds is 2. The van der Waals surface area contributed by atoms with E-state index in [0.717, 1.165) is 11.8 Å². The second-order valence-electron chi connectivity index (χ2n) is 3.62. The zero-order valence-corrected chi connectivity index (χ0v) is 7.17. The van der Waals surface area contributed by atoms with Crippen molar-refractivity contribution in [2.45, 2.75) is 13.3 Å².